The van der Waals surface area contributed by atoms with Gasteiger partial charge in [-0.05, 0) is 0 Å². The molecule has 0 fully saturated rings. The van der Waals surface area contributed by atoms with Crippen molar-refractivity contribution >= 4 is 0 Å². The molecule has 0 aromatic heterocycles. The molecule has 1 rings (SSSR count). The summed E-state index contributed by atoms with van der Waals surface area (Å²) in [4.78, 5) is 3.10. The number of hydrogen-bond donors (Lipinski definition) is 2. The lowest BCUT2D eigenvalue weighted by Gasteiger charge is -2.11. The molecule has 0 atom stereocenters. The highest BCUT2D eigenvalue weighted by Gasteiger charge is 2.21. The van der Waals surface area contributed by atoms with Gasteiger partial charge in [-0.25, -0.2) is 0 Å². The second kappa shape index (κ2) is 1.72. The Morgan fingerprint density at radius 2 is 1.44 bits per heavy atom. The second-order valence-electron chi connectivity index (χ2n) is 2.18. The number of nitrogens with zero attached hydrogens (tertiary/aromatic N) is 2. The van der Waals surface area contributed by atoms with Gasteiger partial charge in [-0.15, -0.1) is 0 Å². The summed E-state index contributed by atoms with van der Waals surface area (Å²) in [6.07, 6.45) is 0. The van der Waals surface area contributed by atoms with Crippen LogP contribution in [0.4, 0.5) is 0 Å². The molecule has 0 amide bonds. The number of rotatable bonds is 0. The summed E-state index contributed by atoms with van der Waals surface area (Å²) >= 11 is 0. The highest BCUT2D eigenvalue weighted by molar-refractivity contribution is 5.01. The Morgan fingerprint density at radius 1 is 1.11 bits per heavy atom. The van der Waals surface area contributed by atoms with Crippen LogP contribution >= 0.6 is 0 Å². The zero-order chi connectivity index (χ0) is 7.02. The van der Waals surface area contributed by atoms with E-state index in [0.717, 1.165) is 0 Å². The Balaban J connectivity index is 2.79. The van der Waals surface area contributed by atoms with Crippen LogP contribution in [-0.4, -0.2) is 40.8 Å². The topological polar surface area (TPSA) is 46.9 Å². The van der Waals surface area contributed by atoms with Crippen LogP contribution in [0.1, 0.15) is 0 Å². The first-order valence-corrected chi connectivity index (χ1v) is 2.67. The Hall–Kier alpha value is -1.06. The molecule has 1 aliphatic rings. The van der Waals surface area contributed by atoms with E-state index in [1.807, 2.05) is 0 Å². The normalized spacial score (nSPS) is 19.8. The first-order valence-electron chi connectivity index (χ1n) is 2.67. The molecule has 0 bridgehead atoms. The summed E-state index contributed by atoms with van der Waals surface area (Å²) in [6, 6.07) is 0. The maximum absolute atomic E-state index is 8.95. The molecule has 52 valence electrons. The molecular formula is C5H10N2O2. The Bertz CT molecular complexity index is 139. The van der Waals surface area contributed by atoms with E-state index in [9.17, 15) is 0 Å². The van der Waals surface area contributed by atoms with Gasteiger partial charge < -0.3 is 20.0 Å². The van der Waals surface area contributed by atoms with E-state index in [-0.39, 0.29) is 11.8 Å². The van der Waals surface area contributed by atoms with Crippen LogP contribution in [0.3, 0.4) is 0 Å². The van der Waals surface area contributed by atoms with Gasteiger partial charge in [-0.1, -0.05) is 0 Å². The molecule has 2 N–H and O–H groups in total. The van der Waals surface area contributed by atoms with E-state index in [4.69, 9.17) is 10.2 Å². The minimum atomic E-state index is -0.0579. The fourth-order valence-electron chi connectivity index (χ4n) is 0.794. The van der Waals surface area contributed by atoms with E-state index >= 15 is 0 Å². The molecule has 1 heterocycles. The zero-order valence-corrected chi connectivity index (χ0v) is 5.50. The van der Waals surface area contributed by atoms with Gasteiger partial charge in [-0.3, -0.25) is 0 Å². The summed E-state index contributed by atoms with van der Waals surface area (Å²) in [7, 11) is 3.41. The molecule has 0 unspecified atom stereocenters. The monoisotopic (exact) mass is 130 g/mol. The molecule has 9 heavy (non-hydrogen) atoms. The molecule has 0 aromatic carbocycles. The van der Waals surface area contributed by atoms with Crippen LogP contribution in [0.25, 0.3) is 0 Å². The zero-order valence-electron chi connectivity index (χ0n) is 5.50. The molecule has 0 aliphatic carbocycles. The van der Waals surface area contributed by atoms with Crippen LogP contribution in [0, 0.1) is 0 Å². The first kappa shape index (κ1) is 6.07. The molecule has 1 aliphatic heterocycles. The van der Waals surface area contributed by atoms with Crippen molar-refractivity contribution in [2.24, 2.45) is 0 Å². The Morgan fingerprint density at radius 3 is 1.56 bits per heavy atom. The molecule has 4 heteroatoms. The van der Waals surface area contributed by atoms with Crippen molar-refractivity contribution in [2.45, 2.75) is 0 Å². The van der Waals surface area contributed by atoms with Crippen molar-refractivity contribution in [2.75, 3.05) is 20.8 Å². The van der Waals surface area contributed by atoms with Crippen LogP contribution in [0.2, 0.25) is 0 Å². The van der Waals surface area contributed by atoms with Crippen LogP contribution in [-0.2, 0) is 0 Å². The van der Waals surface area contributed by atoms with E-state index in [0.29, 0.717) is 6.67 Å². The molecule has 4 nitrogen and oxygen atoms in total. The minimum absolute atomic E-state index is 0.0579. The largest absolute Gasteiger partial charge is 0.491 e. The van der Waals surface area contributed by atoms with Gasteiger partial charge in [0.2, 0.25) is 11.8 Å². The van der Waals surface area contributed by atoms with Gasteiger partial charge in [0.25, 0.3) is 0 Å². The molecule has 0 radical (unpaired) electrons. The van der Waals surface area contributed by atoms with E-state index in [2.05, 4.69) is 0 Å². The molecule has 0 saturated carbocycles. The second-order valence-corrected chi connectivity index (χ2v) is 2.18. The van der Waals surface area contributed by atoms with E-state index in [1.165, 1.54) is 0 Å². The van der Waals surface area contributed by atoms with Crippen LogP contribution in [0.15, 0.2) is 11.8 Å². The van der Waals surface area contributed by atoms with Crippen molar-refractivity contribution in [3.8, 4) is 0 Å². The van der Waals surface area contributed by atoms with Gasteiger partial charge in [0.1, 0.15) is 0 Å². The number of aliphatic hydroxyl groups excluding tert-OH is 2. The fraction of sp³-hybridized carbons (Fsp3) is 0.600. The summed E-state index contributed by atoms with van der Waals surface area (Å²) in [6.45, 7) is 0.539. The van der Waals surface area contributed by atoms with Crippen molar-refractivity contribution in [3.05, 3.63) is 11.8 Å². The molecular weight excluding hydrogens is 120 g/mol. The van der Waals surface area contributed by atoms with Crippen LogP contribution in [0.5, 0.6) is 0 Å². The summed E-state index contributed by atoms with van der Waals surface area (Å²) in [5.41, 5.74) is 0. The third-order valence-electron chi connectivity index (χ3n) is 1.35. The van der Waals surface area contributed by atoms with Crippen molar-refractivity contribution in [3.63, 3.8) is 0 Å². The lowest BCUT2D eigenvalue weighted by atomic mass is 10.7. The Labute approximate surface area is 53.6 Å². The summed E-state index contributed by atoms with van der Waals surface area (Å²) in [5, 5.41) is 17.9. The van der Waals surface area contributed by atoms with Crippen molar-refractivity contribution in [1.82, 2.24) is 9.80 Å². The highest BCUT2D eigenvalue weighted by Crippen LogP contribution is 2.14. The predicted molar refractivity (Wildman–Crippen MR) is 32.7 cm³/mol. The standard InChI is InChI=1S/C5H10N2O2/c1-6-3-7(2)5(9)4(6)8/h8-9H,3H2,1-2H3. The average Bonchev–Trinajstić information content (AvgIpc) is 1.98. The number of hydrogen-bond acceptors (Lipinski definition) is 4. The summed E-state index contributed by atoms with van der Waals surface area (Å²) < 4.78 is 0. The minimum Gasteiger partial charge on any atom is -0.491 e. The molecule has 0 saturated heterocycles. The lowest BCUT2D eigenvalue weighted by molar-refractivity contribution is 0.225. The molecule has 0 aromatic rings. The maximum Gasteiger partial charge on any atom is 0.250 e. The smallest absolute Gasteiger partial charge is 0.250 e. The van der Waals surface area contributed by atoms with Crippen LogP contribution < -0.4 is 0 Å². The van der Waals surface area contributed by atoms with Crippen molar-refractivity contribution in [1.29, 1.82) is 0 Å². The first-order chi connectivity index (χ1) is 4.13. The van der Waals surface area contributed by atoms with E-state index < -0.39 is 0 Å². The molecule has 0 spiro atoms. The number of aliphatic hydroxyl groups is 2. The third kappa shape index (κ3) is 0.759. The Kier molecular flexibility index (Phi) is 1.16. The SMILES string of the molecule is CN1CN(C)C(O)=C1O. The van der Waals surface area contributed by atoms with Gasteiger partial charge in [0.05, 0.1) is 6.67 Å². The fourth-order valence-corrected chi connectivity index (χ4v) is 0.794. The highest BCUT2D eigenvalue weighted by atomic mass is 16.3. The van der Waals surface area contributed by atoms with Gasteiger partial charge in [-0.2, -0.15) is 0 Å². The summed E-state index contributed by atoms with van der Waals surface area (Å²) in [5.74, 6) is -0.116. The average molecular weight is 130 g/mol. The predicted octanol–water partition coefficient (Wildman–Crippen LogP) is 0.0637. The third-order valence-corrected chi connectivity index (χ3v) is 1.35. The van der Waals surface area contributed by atoms with Crippen molar-refractivity contribution < 1.29 is 10.2 Å². The van der Waals surface area contributed by atoms with Gasteiger partial charge >= 0.3 is 0 Å². The quantitative estimate of drug-likeness (QED) is 0.487. The van der Waals surface area contributed by atoms with Gasteiger partial charge in [0, 0.05) is 14.1 Å². The maximum atomic E-state index is 8.95. The van der Waals surface area contributed by atoms with Gasteiger partial charge in [0.15, 0.2) is 0 Å². The lowest BCUT2D eigenvalue weighted by Crippen LogP contribution is -2.21. The van der Waals surface area contributed by atoms with E-state index in [1.54, 1.807) is 23.9 Å².